The number of aliphatic imine (C=N–C) groups is 1. The van der Waals surface area contributed by atoms with Crippen molar-refractivity contribution in [3.63, 3.8) is 0 Å². The molecule has 92 heavy (non-hydrogen) atoms. The van der Waals surface area contributed by atoms with Crippen LogP contribution in [0.4, 0.5) is 62.6 Å². The summed E-state index contributed by atoms with van der Waals surface area (Å²) in [6.07, 6.45) is 1.42. The van der Waals surface area contributed by atoms with Crippen LogP contribution in [0, 0.1) is 0 Å². The number of aromatic hydroxyl groups is 3. The zero-order chi connectivity index (χ0) is 64.6. The number of carbonyl (C=O) groups is 3. The maximum Gasteiger partial charge on any atom is 1.20 e. The number of benzene rings is 9. The molecule has 26 rings (SSSR count). The van der Waals surface area contributed by atoms with E-state index in [0.717, 1.165) is 72.8 Å². The van der Waals surface area contributed by atoms with Crippen LogP contribution in [0.1, 0.15) is 36.6 Å². The van der Waals surface area contributed by atoms with Crippen molar-refractivity contribution in [1.29, 1.82) is 0 Å². The van der Waals surface area contributed by atoms with Crippen molar-refractivity contribution in [3.8, 4) is 17.2 Å². The summed E-state index contributed by atoms with van der Waals surface area (Å²) in [7, 11) is -15.2. The highest BCUT2D eigenvalue weighted by Crippen LogP contribution is 2.34. The van der Waals surface area contributed by atoms with Crippen LogP contribution in [0.15, 0.2) is 271 Å². The van der Waals surface area contributed by atoms with Crippen LogP contribution in [0.5, 0.6) is 17.2 Å². The van der Waals surface area contributed by atoms with Gasteiger partial charge in [0.15, 0.2) is 0 Å². The molecule has 0 spiro atoms. The quantitative estimate of drug-likeness (QED) is 0.119. The van der Waals surface area contributed by atoms with Gasteiger partial charge >= 0.3 is 48.2 Å². The fourth-order valence-corrected chi connectivity index (χ4v) is 15.4. The number of hydrogen-bond donors (Lipinski definition) is 3. The first-order valence-corrected chi connectivity index (χ1v) is 33.4. The Morgan fingerprint density at radius 3 is 0.793 bits per heavy atom. The highest BCUT2D eigenvalue weighted by Gasteiger charge is 2.51. The van der Waals surface area contributed by atoms with Gasteiger partial charge in [0.25, 0.3) is 30.4 Å². The third-order valence-electron chi connectivity index (χ3n) is 12.6. The second-order valence-corrected chi connectivity index (χ2v) is 27.2. The van der Waals surface area contributed by atoms with Crippen molar-refractivity contribution in [1.82, 2.24) is 0 Å². The lowest BCUT2D eigenvalue weighted by Crippen LogP contribution is -2.35. The highest BCUT2D eigenvalue weighted by atomic mass is 32.2. The average molecular weight is 1330 g/mol. The minimum absolute atomic E-state index is 0.00858. The third kappa shape index (κ3) is 15.8. The molecule has 17 aliphatic rings. The van der Waals surface area contributed by atoms with Crippen LogP contribution < -0.4 is 0 Å². The maximum atomic E-state index is 14.0. The smallest absolute Gasteiger partial charge is 0.547 e. The highest BCUT2D eigenvalue weighted by molar-refractivity contribution is 7.90. The first-order valence-electron chi connectivity index (χ1n) is 26.3. The van der Waals surface area contributed by atoms with Crippen molar-refractivity contribution in [2.24, 2.45) is 56.1 Å². The second kappa shape index (κ2) is 27.2. The van der Waals surface area contributed by atoms with E-state index in [1.54, 1.807) is 24.3 Å². The predicted octanol–water partition coefficient (Wildman–Crippen LogP) is 13.6. The molecule has 0 atom stereocenters. The van der Waals surface area contributed by atoms with Gasteiger partial charge in [0, 0.05) is 6.21 Å². The van der Waals surface area contributed by atoms with E-state index in [4.69, 9.17) is 21.1 Å². The Labute approximate surface area is 530 Å². The van der Waals surface area contributed by atoms with Gasteiger partial charge in [0.2, 0.25) is 0 Å². The molecule has 17 aliphatic heterocycles. The molecule has 0 fully saturated rings. The van der Waals surface area contributed by atoms with Gasteiger partial charge in [-0.3, -0.25) is 4.99 Å². The molecule has 0 saturated carbocycles. The molecule has 17 heterocycles. The van der Waals surface area contributed by atoms with E-state index in [-0.39, 0.29) is 62.6 Å². The lowest BCUT2D eigenvalue weighted by atomic mass is 10.2. The lowest BCUT2D eigenvalue weighted by molar-refractivity contribution is 0.0407. The molecule has 0 unspecified atom stereocenters. The average Bonchev–Trinajstić information content (AvgIpc) is 0.846. The van der Waals surface area contributed by atoms with E-state index >= 15 is 0 Å². The van der Waals surface area contributed by atoms with E-state index in [1.165, 1.54) is 109 Å². The van der Waals surface area contributed by atoms with E-state index in [9.17, 15) is 55.0 Å². The molecule has 9 aromatic carbocycles. The van der Waals surface area contributed by atoms with Crippen molar-refractivity contribution in [2.45, 2.75) is 14.7 Å². The van der Waals surface area contributed by atoms with E-state index in [2.05, 4.69) is 56.1 Å². The van der Waals surface area contributed by atoms with Gasteiger partial charge < -0.3 is 36.4 Å². The monoisotopic (exact) mass is 1330 g/mol. The van der Waals surface area contributed by atoms with Gasteiger partial charge in [-0.1, -0.05) is 12.1 Å². The van der Waals surface area contributed by atoms with Crippen LogP contribution >= 0.6 is 0 Å². The Bertz CT molecular complexity index is 4410. The standard InChI is InChI=1S/C20H15N3O6S.2C19H14N4O6S.2Al/c24-19-10-7-16(11-18(19)20(25)26)23-22-15-3-1-13(2-4-15)12-21-14-5-8-17(9-6-14)30(27,28)29;2*24-18-10-7-15(11-17(18)19(25)26)23-22-13-3-1-12(2-4-13)20-21-14-5-8-16(9-6-14)30(27,28)29;;/h1-12,24H,(H,25,26)(H,27,28,29);2*1-11,24H,(H,25,26)(H,27,28,29);;/q;;;2*+3/p-6. The number of carbonyl (C=O) groups excluding carboxylic acids is 3. The van der Waals surface area contributed by atoms with Gasteiger partial charge in [-0.05, 0) is 194 Å². The number of rotatable bonds is 0. The summed E-state index contributed by atoms with van der Waals surface area (Å²) in [5, 5.41) is 74.1. The molecular weight excluding hydrogens is 1290 g/mol. The minimum Gasteiger partial charge on any atom is -0.547 e. The Kier molecular flexibility index (Phi) is 18.5. The van der Waals surface area contributed by atoms with E-state index in [0.29, 0.717) is 5.56 Å². The first-order chi connectivity index (χ1) is 44.2. The first kappa shape index (κ1) is 62.8. The fraction of sp³-hybridized carbons (Fsp3) is 0. The maximum absolute atomic E-state index is 14.0. The van der Waals surface area contributed by atoms with Crippen LogP contribution in [0.2, 0.25) is 0 Å². The molecule has 456 valence electrons. The zero-order valence-electron chi connectivity index (χ0n) is 46.4. The predicted molar refractivity (Wildman–Crippen MR) is 324 cm³/mol. The van der Waals surface area contributed by atoms with Crippen molar-refractivity contribution < 1.29 is 76.0 Å². The normalized spacial score (nSPS) is 15.7. The summed E-state index contributed by atoms with van der Waals surface area (Å²) < 4.78 is 115. The fourth-order valence-electron chi connectivity index (χ4n) is 7.88. The van der Waals surface area contributed by atoms with Crippen LogP contribution in [0.3, 0.4) is 0 Å². The van der Waals surface area contributed by atoms with E-state index < -0.39 is 127 Å². The number of phenolic OH excluding ortho intramolecular Hbond substituents is 3. The molecule has 0 aliphatic carbocycles. The summed E-state index contributed by atoms with van der Waals surface area (Å²) in [6, 6.07) is 42.1. The van der Waals surface area contributed by atoms with Crippen molar-refractivity contribution in [3.05, 3.63) is 222 Å². The molecule has 29 nitrogen and oxygen atoms in total. The summed E-state index contributed by atoms with van der Waals surface area (Å²) in [5.74, 6) is -6.10. The minimum atomic E-state index is -5.08. The largest absolute Gasteiger partial charge is 1.20 e. The number of nitrogens with zero attached hydrogens (tertiary/aromatic N) is 11. The van der Waals surface area contributed by atoms with Crippen molar-refractivity contribution >= 4 is 147 Å². The Morgan fingerprint density at radius 2 is 0.511 bits per heavy atom. The molecular formula is C58H37Al2N11O18S3. The van der Waals surface area contributed by atoms with Gasteiger partial charge in [0.1, 0.15) is 33.9 Å². The molecule has 0 saturated heterocycles. The molecule has 3 N–H and O–H groups in total. The molecule has 0 radical (unpaired) electrons. The number of hydrogen-bond acceptors (Lipinski definition) is 29. The summed E-state index contributed by atoms with van der Waals surface area (Å²) in [5.41, 5.74) is 0.536. The van der Waals surface area contributed by atoms with Crippen LogP contribution in [-0.4, -0.2) is 95.0 Å². The Balaban J connectivity index is 0.999. The Morgan fingerprint density at radius 1 is 0.283 bits per heavy atom. The van der Waals surface area contributed by atoms with Gasteiger partial charge in [-0.15, -0.1) is 0 Å². The molecule has 0 amide bonds. The number of phenols is 3. The Hall–Kier alpha value is -10.7. The van der Waals surface area contributed by atoms with Crippen LogP contribution in [0.25, 0.3) is 0 Å². The number of azo groups is 5. The van der Waals surface area contributed by atoms with Gasteiger partial charge in [-0.2, -0.15) is 76.4 Å². The zero-order valence-corrected chi connectivity index (χ0v) is 51.2. The lowest BCUT2D eigenvalue weighted by Gasteiger charge is -2.15. The van der Waals surface area contributed by atoms with Crippen molar-refractivity contribution in [2.75, 3.05) is 0 Å². The van der Waals surface area contributed by atoms with E-state index in [1.807, 2.05) is 0 Å². The topological polar surface area (TPSA) is 406 Å². The molecule has 9 aromatic rings. The van der Waals surface area contributed by atoms with Gasteiger partial charge in [0.05, 0.1) is 77.2 Å². The third-order valence-corrected chi connectivity index (χ3v) is 21.3. The molecule has 20 bridgehead atoms. The molecule has 34 heteroatoms. The van der Waals surface area contributed by atoms with Crippen LogP contribution in [-0.2, 0) is 51.4 Å². The summed E-state index contributed by atoms with van der Waals surface area (Å²) in [4.78, 5) is 44.5. The van der Waals surface area contributed by atoms with Gasteiger partial charge in [-0.25, -0.2) is 14.4 Å². The molecule has 0 aromatic heterocycles. The second-order valence-electron chi connectivity index (χ2n) is 18.9. The summed E-state index contributed by atoms with van der Waals surface area (Å²) in [6.45, 7) is 0. The summed E-state index contributed by atoms with van der Waals surface area (Å²) >= 11 is -9.44. The SMILES string of the molecule is O=C1[O][Al]2[O]C(=O)c3cc(ccc3O)N=Nc3ccc(cc3)N=Nc3ccc(cc3)S(=O)(=O)[O][Al]([O]S(=O)(=O)c3ccc(cc3)N=Cc3ccc(cc3)N=Nc3ccc(O)c1c3)[O]S(=O)(=O)c1ccc(cc1)N=Nc1ccc(cc1)N=Nc1ccc(O)c(c1)C(=O)[O]2.